The van der Waals surface area contributed by atoms with Crippen molar-refractivity contribution in [3.8, 4) is 0 Å². The average molecular weight is 476 g/mol. The Morgan fingerprint density at radius 2 is 2.10 bits per heavy atom. The molecule has 0 fully saturated rings. The van der Waals surface area contributed by atoms with Gasteiger partial charge in [0.1, 0.15) is 21.1 Å². The van der Waals surface area contributed by atoms with Crippen LogP contribution in [0.3, 0.4) is 0 Å². The third kappa shape index (κ3) is 4.49. The summed E-state index contributed by atoms with van der Waals surface area (Å²) in [7, 11) is 0. The molecule has 31 heavy (non-hydrogen) atoms. The number of hydrogen-bond acceptors (Lipinski definition) is 8. The molecule has 0 saturated carbocycles. The number of esters is 1. The fourth-order valence-electron chi connectivity index (χ4n) is 3.79. The summed E-state index contributed by atoms with van der Waals surface area (Å²) in [5.74, 6) is 0.285. The molecule has 0 radical (unpaired) electrons. The number of nitrogens with one attached hydrogen (secondary N) is 1. The van der Waals surface area contributed by atoms with Gasteiger partial charge in [-0.05, 0) is 57.1 Å². The summed E-state index contributed by atoms with van der Waals surface area (Å²) in [6.45, 7) is 8.45. The highest BCUT2D eigenvalue weighted by Crippen LogP contribution is 2.40. The molecule has 0 spiro atoms. The lowest BCUT2D eigenvalue weighted by Gasteiger charge is -2.19. The van der Waals surface area contributed by atoms with Gasteiger partial charge in [-0.1, -0.05) is 18.7 Å². The number of thioether (sulfide) groups is 1. The van der Waals surface area contributed by atoms with Gasteiger partial charge in [-0.2, -0.15) is 0 Å². The maximum atomic E-state index is 12.9. The van der Waals surface area contributed by atoms with E-state index in [-0.39, 0.29) is 17.6 Å². The van der Waals surface area contributed by atoms with Crippen LogP contribution >= 0.6 is 34.4 Å². The van der Waals surface area contributed by atoms with Gasteiger partial charge in [-0.3, -0.25) is 4.79 Å². The molecule has 4 rings (SSSR count). The molecule has 0 bridgehead atoms. The molecule has 3 aromatic heterocycles. The van der Waals surface area contributed by atoms with Crippen molar-refractivity contribution in [3.05, 3.63) is 32.1 Å². The Kier molecular flexibility index (Phi) is 6.64. The van der Waals surface area contributed by atoms with E-state index in [2.05, 4.69) is 36.1 Å². The summed E-state index contributed by atoms with van der Waals surface area (Å²) in [6.07, 6.45) is 4.41. The van der Waals surface area contributed by atoms with Gasteiger partial charge in [-0.25, -0.2) is 14.8 Å². The monoisotopic (exact) mass is 475 g/mol. The van der Waals surface area contributed by atoms with E-state index in [0.717, 1.165) is 45.6 Å². The van der Waals surface area contributed by atoms with Gasteiger partial charge in [0.05, 0.1) is 18.0 Å². The van der Waals surface area contributed by atoms with Crippen LogP contribution in [0.15, 0.2) is 11.4 Å². The van der Waals surface area contributed by atoms with Gasteiger partial charge in [0.15, 0.2) is 0 Å². The smallest absolute Gasteiger partial charge is 0.350 e. The molecular formula is C22H25N3O3S3. The van der Waals surface area contributed by atoms with Gasteiger partial charge >= 0.3 is 5.97 Å². The lowest BCUT2D eigenvalue weighted by molar-refractivity contribution is -0.113. The number of thiophene rings is 2. The Labute approximate surface area is 193 Å². The fraction of sp³-hybridized carbons (Fsp3) is 0.455. The molecule has 0 saturated heterocycles. The molecule has 1 atom stereocenters. The molecule has 0 unspecified atom stereocenters. The van der Waals surface area contributed by atoms with Gasteiger partial charge in [0.25, 0.3) is 0 Å². The SMILES string of the molecule is CCOC(=O)c1sc2c(c1NC(=O)CSc1ncnc3sc(C)c(C)c13)CC[C@H](C)C2. The largest absolute Gasteiger partial charge is 0.462 e. The Balaban J connectivity index is 1.54. The molecule has 1 amide bonds. The Bertz CT molecular complexity index is 1150. The number of carbonyl (C=O) groups is 2. The van der Waals surface area contributed by atoms with Crippen molar-refractivity contribution in [2.24, 2.45) is 5.92 Å². The van der Waals surface area contributed by atoms with Gasteiger partial charge in [-0.15, -0.1) is 22.7 Å². The number of rotatable bonds is 6. The number of aromatic nitrogens is 2. The molecular weight excluding hydrogens is 450 g/mol. The van der Waals surface area contributed by atoms with Crippen LogP contribution in [0.2, 0.25) is 0 Å². The second-order valence-corrected chi connectivity index (χ2v) is 11.0. The summed E-state index contributed by atoms with van der Waals surface area (Å²) in [5.41, 5.74) is 2.90. The minimum absolute atomic E-state index is 0.147. The Morgan fingerprint density at radius 1 is 1.29 bits per heavy atom. The number of anilines is 1. The van der Waals surface area contributed by atoms with E-state index in [9.17, 15) is 9.59 Å². The minimum atomic E-state index is -0.362. The van der Waals surface area contributed by atoms with Crippen molar-refractivity contribution in [1.82, 2.24) is 9.97 Å². The molecule has 6 nitrogen and oxygen atoms in total. The summed E-state index contributed by atoms with van der Waals surface area (Å²) in [5, 5.41) is 4.86. The van der Waals surface area contributed by atoms with E-state index in [0.29, 0.717) is 23.1 Å². The number of ether oxygens (including phenoxy) is 1. The van der Waals surface area contributed by atoms with Crippen molar-refractivity contribution in [1.29, 1.82) is 0 Å². The van der Waals surface area contributed by atoms with Crippen molar-refractivity contribution in [2.75, 3.05) is 17.7 Å². The summed E-state index contributed by atoms with van der Waals surface area (Å²) in [4.78, 5) is 38.0. The van der Waals surface area contributed by atoms with Crippen molar-refractivity contribution in [2.45, 2.75) is 52.0 Å². The molecule has 0 aromatic carbocycles. The Morgan fingerprint density at radius 3 is 2.87 bits per heavy atom. The molecule has 1 aliphatic carbocycles. The maximum Gasteiger partial charge on any atom is 0.350 e. The highest BCUT2D eigenvalue weighted by Gasteiger charge is 2.28. The minimum Gasteiger partial charge on any atom is -0.462 e. The molecule has 3 aromatic rings. The van der Waals surface area contributed by atoms with E-state index in [1.54, 1.807) is 24.6 Å². The second-order valence-electron chi connectivity index (χ2n) is 7.76. The van der Waals surface area contributed by atoms with E-state index in [1.807, 2.05) is 0 Å². The molecule has 1 N–H and O–H groups in total. The zero-order valence-electron chi connectivity index (χ0n) is 18.0. The van der Waals surface area contributed by atoms with Crippen LogP contribution < -0.4 is 5.32 Å². The highest BCUT2D eigenvalue weighted by atomic mass is 32.2. The third-order valence-electron chi connectivity index (χ3n) is 5.51. The lowest BCUT2D eigenvalue weighted by atomic mass is 9.89. The summed E-state index contributed by atoms with van der Waals surface area (Å²) in [6, 6.07) is 0. The first kappa shape index (κ1) is 22.2. The number of amides is 1. The molecule has 3 heterocycles. The van der Waals surface area contributed by atoms with Crippen LogP contribution in [0.5, 0.6) is 0 Å². The number of fused-ring (bicyclic) bond motifs is 2. The first-order valence-electron chi connectivity index (χ1n) is 10.3. The van der Waals surface area contributed by atoms with E-state index in [1.165, 1.54) is 32.9 Å². The van der Waals surface area contributed by atoms with E-state index in [4.69, 9.17) is 4.74 Å². The zero-order chi connectivity index (χ0) is 22.1. The van der Waals surface area contributed by atoms with Crippen LogP contribution in [0.25, 0.3) is 10.2 Å². The number of nitrogens with zero attached hydrogens (tertiary/aromatic N) is 2. The lowest BCUT2D eigenvalue weighted by Crippen LogP contribution is -2.18. The van der Waals surface area contributed by atoms with Crippen molar-refractivity contribution >= 4 is 62.2 Å². The van der Waals surface area contributed by atoms with E-state index >= 15 is 0 Å². The molecule has 1 aliphatic rings. The number of aryl methyl sites for hydroxylation is 2. The predicted octanol–water partition coefficient (Wildman–Crippen LogP) is 5.40. The third-order valence-corrected chi connectivity index (χ3v) is 8.85. The number of hydrogen-bond donors (Lipinski definition) is 1. The fourth-order valence-corrected chi connectivity index (χ4v) is 7.07. The maximum absolute atomic E-state index is 12.9. The second kappa shape index (κ2) is 9.26. The van der Waals surface area contributed by atoms with Crippen molar-refractivity contribution < 1.29 is 14.3 Å². The molecule has 164 valence electrons. The van der Waals surface area contributed by atoms with Crippen LogP contribution in [0, 0.1) is 19.8 Å². The first-order valence-corrected chi connectivity index (χ1v) is 13.0. The van der Waals surface area contributed by atoms with Crippen LogP contribution in [-0.2, 0) is 22.4 Å². The average Bonchev–Trinajstić information content (AvgIpc) is 3.23. The van der Waals surface area contributed by atoms with Gasteiger partial charge in [0.2, 0.25) is 5.91 Å². The topological polar surface area (TPSA) is 81.2 Å². The van der Waals surface area contributed by atoms with Gasteiger partial charge in [0, 0.05) is 15.1 Å². The first-order chi connectivity index (χ1) is 14.9. The van der Waals surface area contributed by atoms with Gasteiger partial charge < -0.3 is 10.1 Å². The Hall–Kier alpha value is -1.97. The highest BCUT2D eigenvalue weighted by molar-refractivity contribution is 8.00. The molecule has 9 heteroatoms. The van der Waals surface area contributed by atoms with E-state index < -0.39 is 0 Å². The van der Waals surface area contributed by atoms with Crippen LogP contribution in [-0.4, -0.2) is 34.2 Å². The standard InChI is InChI=1S/C22H25N3O3S3/c1-5-28-22(27)19-18(14-7-6-11(2)8-15(14)31-19)25-16(26)9-29-20-17-12(3)13(4)30-21(17)24-10-23-20/h10-11H,5-9H2,1-4H3,(H,25,26)/t11-/m0/s1. The van der Waals surface area contributed by atoms with Crippen LogP contribution in [0.1, 0.15) is 50.8 Å². The number of carbonyl (C=O) groups excluding carboxylic acids is 2. The normalized spacial score (nSPS) is 15.7. The summed E-state index contributed by atoms with van der Waals surface area (Å²) >= 11 is 4.50. The zero-order valence-corrected chi connectivity index (χ0v) is 20.5. The predicted molar refractivity (Wildman–Crippen MR) is 128 cm³/mol. The molecule has 0 aliphatic heterocycles. The van der Waals surface area contributed by atoms with Crippen molar-refractivity contribution in [3.63, 3.8) is 0 Å². The summed E-state index contributed by atoms with van der Waals surface area (Å²) < 4.78 is 5.25. The van der Waals surface area contributed by atoms with Crippen LogP contribution in [0.4, 0.5) is 5.69 Å². The quantitative estimate of drug-likeness (QED) is 0.292.